The van der Waals surface area contributed by atoms with Crippen molar-refractivity contribution in [3.63, 3.8) is 0 Å². The van der Waals surface area contributed by atoms with Crippen LogP contribution in [0.5, 0.6) is 0 Å². The SMILES string of the molecule is CCNCc1cnc(N(C)CCOCC)nc1. The molecule has 96 valence electrons. The normalized spacial score (nSPS) is 10.5. The van der Waals surface area contributed by atoms with Crippen molar-refractivity contribution in [2.24, 2.45) is 0 Å². The highest BCUT2D eigenvalue weighted by Crippen LogP contribution is 2.04. The van der Waals surface area contributed by atoms with Gasteiger partial charge in [-0.3, -0.25) is 0 Å². The van der Waals surface area contributed by atoms with Gasteiger partial charge in [0.2, 0.25) is 5.95 Å². The quantitative estimate of drug-likeness (QED) is 0.686. The van der Waals surface area contributed by atoms with Crippen LogP contribution in [0.2, 0.25) is 0 Å². The van der Waals surface area contributed by atoms with Crippen LogP contribution in [0, 0.1) is 0 Å². The number of nitrogens with zero attached hydrogens (tertiary/aromatic N) is 3. The van der Waals surface area contributed by atoms with Crippen molar-refractivity contribution in [3.05, 3.63) is 18.0 Å². The molecule has 17 heavy (non-hydrogen) atoms. The Balaban J connectivity index is 2.43. The fourth-order valence-corrected chi connectivity index (χ4v) is 1.35. The van der Waals surface area contributed by atoms with Crippen LogP contribution in [0.1, 0.15) is 19.4 Å². The fourth-order valence-electron chi connectivity index (χ4n) is 1.35. The minimum atomic E-state index is 0.704. The zero-order valence-corrected chi connectivity index (χ0v) is 10.9. The van der Waals surface area contributed by atoms with Gasteiger partial charge in [0.1, 0.15) is 0 Å². The first-order valence-electron chi connectivity index (χ1n) is 6.08. The molecule has 0 aliphatic carbocycles. The van der Waals surface area contributed by atoms with Gasteiger partial charge in [-0.1, -0.05) is 6.92 Å². The molecule has 0 radical (unpaired) electrons. The Labute approximate surface area is 103 Å². The minimum Gasteiger partial charge on any atom is -0.380 e. The number of rotatable bonds is 8. The Morgan fingerprint density at radius 1 is 1.29 bits per heavy atom. The van der Waals surface area contributed by atoms with Gasteiger partial charge < -0.3 is 15.0 Å². The van der Waals surface area contributed by atoms with Crippen molar-refractivity contribution >= 4 is 5.95 Å². The number of aromatic nitrogens is 2. The smallest absolute Gasteiger partial charge is 0.225 e. The van der Waals surface area contributed by atoms with Crippen LogP contribution < -0.4 is 10.2 Å². The highest BCUT2D eigenvalue weighted by atomic mass is 16.5. The number of nitrogens with one attached hydrogen (secondary N) is 1. The third kappa shape index (κ3) is 5.10. The fraction of sp³-hybridized carbons (Fsp3) is 0.667. The summed E-state index contributed by atoms with van der Waals surface area (Å²) >= 11 is 0. The van der Waals surface area contributed by atoms with E-state index >= 15 is 0 Å². The van der Waals surface area contributed by atoms with Gasteiger partial charge in [0.05, 0.1) is 6.61 Å². The second-order valence-electron chi connectivity index (χ2n) is 3.79. The highest BCUT2D eigenvalue weighted by molar-refractivity contribution is 5.28. The minimum absolute atomic E-state index is 0.704. The topological polar surface area (TPSA) is 50.3 Å². The second kappa shape index (κ2) is 7.97. The zero-order chi connectivity index (χ0) is 12.5. The molecule has 0 bridgehead atoms. The molecule has 1 aromatic rings. The third-order valence-electron chi connectivity index (χ3n) is 2.39. The molecular weight excluding hydrogens is 216 g/mol. The van der Waals surface area contributed by atoms with Gasteiger partial charge >= 0.3 is 0 Å². The van der Waals surface area contributed by atoms with E-state index in [1.165, 1.54) is 0 Å². The molecule has 0 aliphatic heterocycles. The van der Waals surface area contributed by atoms with Gasteiger partial charge in [-0.2, -0.15) is 0 Å². The van der Waals surface area contributed by atoms with Crippen LogP contribution in [0.4, 0.5) is 5.95 Å². The zero-order valence-electron chi connectivity index (χ0n) is 10.9. The summed E-state index contributed by atoms with van der Waals surface area (Å²) in [4.78, 5) is 10.7. The summed E-state index contributed by atoms with van der Waals surface area (Å²) < 4.78 is 5.30. The number of hydrogen-bond donors (Lipinski definition) is 1. The van der Waals surface area contributed by atoms with E-state index in [9.17, 15) is 0 Å². The Hall–Kier alpha value is -1.20. The Morgan fingerprint density at radius 2 is 2.00 bits per heavy atom. The lowest BCUT2D eigenvalue weighted by molar-refractivity contribution is 0.154. The van der Waals surface area contributed by atoms with Gasteiger partial charge in [-0.25, -0.2) is 9.97 Å². The molecule has 0 unspecified atom stereocenters. The van der Waals surface area contributed by atoms with Gasteiger partial charge in [-0.15, -0.1) is 0 Å². The summed E-state index contributed by atoms with van der Waals surface area (Å²) in [6, 6.07) is 0. The van der Waals surface area contributed by atoms with E-state index in [0.29, 0.717) is 6.61 Å². The van der Waals surface area contributed by atoms with Crippen molar-refractivity contribution in [3.8, 4) is 0 Å². The second-order valence-corrected chi connectivity index (χ2v) is 3.79. The lowest BCUT2D eigenvalue weighted by Gasteiger charge is -2.16. The van der Waals surface area contributed by atoms with E-state index in [2.05, 4.69) is 22.2 Å². The molecule has 1 aromatic heterocycles. The van der Waals surface area contributed by atoms with Gasteiger partial charge in [0.25, 0.3) is 0 Å². The van der Waals surface area contributed by atoms with E-state index < -0.39 is 0 Å². The van der Waals surface area contributed by atoms with E-state index in [0.717, 1.165) is 37.8 Å². The Kier molecular flexibility index (Phi) is 6.50. The van der Waals surface area contributed by atoms with Crippen molar-refractivity contribution in [2.45, 2.75) is 20.4 Å². The molecule has 0 atom stereocenters. The molecule has 0 saturated heterocycles. The molecule has 1 rings (SSSR count). The molecule has 1 N–H and O–H groups in total. The maximum atomic E-state index is 5.30. The number of ether oxygens (including phenoxy) is 1. The first-order valence-corrected chi connectivity index (χ1v) is 6.08. The molecule has 1 heterocycles. The average molecular weight is 238 g/mol. The van der Waals surface area contributed by atoms with E-state index in [-0.39, 0.29) is 0 Å². The Bertz CT molecular complexity index is 302. The van der Waals surface area contributed by atoms with Crippen LogP contribution in [0.3, 0.4) is 0 Å². The largest absolute Gasteiger partial charge is 0.380 e. The van der Waals surface area contributed by atoms with Crippen LogP contribution >= 0.6 is 0 Å². The van der Waals surface area contributed by atoms with Gasteiger partial charge in [0, 0.05) is 44.7 Å². The summed E-state index contributed by atoms with van der Waals surface area (Å²) in [5.74, 6) is 0.741. The summed E-state index contributed by atoms with van der Waals surface area (Å²) in [6.07, 6.45) is 3.73. The monoisotopic (exact) mass is 238 g/mol. The van der Waals surface area contributed by atoms with Crippen molar-refractivity contribution in [1.82, 2.24) is 15.3 Å². The average Bonchev–Trinajstić information content (AvgIpc) is 2.37. The first-order chi connectivity index (χ1) is 8.27. The predicted octanol–water partition coefficient (Wildman–Crippen LogP) is 1.06. The van der Waals surface area contributed by atoms with Crippen LogP contribution in [0.25, 0.3) is 0 Å². The number of hydrogen-bond acceptors (Lipinski definition) is 5. The summed E-state index contributed by atoms with van der Waals surface area (Å²) in [5.41, 5.74) is 1.11. The lowest BCUT2D eigenvalue weighted by atomic mass is 10.3. The van der Waals surface area contributed by atoms with Crippen LogP contribution in [-0.2, 0) is 11.3 Å². The predicted molar refractivity (Wildman–Crippen MR) is 69.2 cm³/mol. The summed E-state index contributed by atoms with van der Waals surface area (Å²) in [6.45, 7) is 8.10. The summed E-state index contributed by atoms with van der Waals surface area (Å²) in [5, 5.41) is 3.24. The van der Waals surface area contributed by atoms with Crippen molar-refractivity contribution in [1.29, 1.82) is 0 Å². The maximum Gasteiger partial charge on any atom is 0.225 e. The molecule has 5 heteroatoms. The first kappa shape index (κ1) is 13.9. The highest BCUT2D eigenvalue weighted by Gasteiger charge is 2.03. The molecule has 0 saturated carbocycles. The number of anilines is 1. The Morgan fingerprint density at radius 3 is 2.59 bits per heavy atom. The van der Waals surface area contributed by atoms with Crippen LogP contribution in [-0.4, -0.2) is 43.3 Å². The molecule has 0 fully saturated rings. The maximum absolute atomic E-state index is 5.30. The third-order valence-corrected chi connectivity index (χ3v) is 2.39. The van der Waals surface area contributed by atoms with Gasteiger partial charge in [-0.05, 0) is 13.5 Å². The van der Waals surface area contributed by atoms with Crippen LogP contribution in [0.15, 0.2) is 12.4 Å². The number of likely N-dealkylation sites (N-methyl/N-ethyl adjacent to an activating group) is 1. The lowest BCUT2D eigenvalue weighted by Crippen LogP contribution is -2.24. The summed E-state index contributed by atoms with van der Waals surface area (Å²) in [7, 11) is 1.97. The standard InChI is InChI=1S/C12H22N4O/c1-4-13-8-11-9-14-12(15-10-11)16(3)6-7-17-5-2/h9-10,13H,4-8H2,1-3H3. The van der Waals surface area contributed by atoms with Crippen molar-refractivity contribution in [2.75, 3.05) is 38.3 Å². The molecule has 5 nitrogen and oxygen atoms in total. The molecule has 0 amide bonds. The van der Waals surface area contributed by atoms with Crippen molar-refractivity contribution < 1.29 is 4.74 Å². The van der Waals surface area contributed by atoms with E-state index in [4.69, 9.17) is 4.74 Å². The molecular formula is C12H22N4O. The van der Waals surface area contributed by atoms with E-state index in [1.54, 1.807) is 0 Å². The van der Waals surface area contributed by atoms with Gasteiger partial charge in [0.15, 0.2) is 0 Å². The van der Waals surface area contributed by atoms with E-state index in [1.807, 2.05) is 31.3 Å². The molecule has 0 spiro atoms. The molecule has 0 aromatic carbocycles. The molecule has 0 aliphatic rings.